The second-order valence-corrected chi connectivity index (χ2v) is 8.77. The van der Waals surface area contributed by atoms with Crippen molar-refractivity contribution in [1.82, 2.24) is 0 Å². The number of hydrogen-bond acceptors (Lipinski definition) is 4. The molecule has 3 aromatic carbocycles. The van der Waals surface area contributed by atoms with E-state index >= 15 is 0 Å². The van der Waals surface area contributed by atoms with Crippen LogP contribution in [0.1, 0.15) is 22.3 Å². The minimum Gasteiger partial charge on any atom is -0.489 e. The van der Waals surface area contributed by atoms with Crippen molar-refractivity contribution in [1.29, 1.82) is 0 Å². The topological polar surface area (TPSA) is 47.9 Å². The third-order valence-electron chi connectivity index (χ3n) is 4.60. The Labute approximate surface area is 196 Å². The standard InChI is InChI=1S/C24H17BrINO3/c1-15-5-2-3-7-18(15)14-29-19-8-4-6-16(11-19)12-22-24(28)30-23(27-22)17-9-10-21(26)20(25)13-17/h2-13H,14H2,1H3/b22-12-. The van der Waals surface area contributed by atoms with E-state index in [-0.39, 0.29) is 5.70 Å². The minimum atomic E-state index is -0.467. The molecule has 0 N–H and O–H groups in total. The maximum atomic E-state index is 12.3. The molecule has 0 aliphatic carbocycles. The fraction of sp³-hybridized carbons (Fsp3) is 0.0833. The molecule has 0 spiro atoms. The van der Waals surface area contributed by atoms with Crippen molar-refractivity contribution in [3.8, 4) is 5.75 Å². The average molecular weight is 574 g/mol. The highest BCUT2D eigenvalue weighted by Gasteiger charge is 2.24. The molecular formula is C24H17BrINO3. The van der Waals surface area contributed by atoms with Gasteiger partial charge in [0.25, 0.3) is 0 Å². The maximum Gasteiger partial charge on any atom is 0.363 e. The summed E-state index contributed by atoms with van der Waals surface area (Å²) < 4.78 is 13.3. The van der Waals surface area contributed by atoms with Crippen LogP contribution in [0.3, 0.4) is 0 Å². The van der Waals surface area contributed by atoms with Gasteiger partial charge < -0.3 is 9.47 Å². The van der Waals surface area contributed by atoms with Gasteiger partial charge in [-0.1, -0.05) is 36.4 Å². The highest BCUT2D eigenvalue weighted by atomic mass is 127. The number of hydrogen-bond donors (Lipinski definition) is 0. The van der Waals surface area contributed by atoms with Crippen molar-refractivity contribution < 1.29 is 14.3 Å². The van der Waals surface area contributed by atoms with Crippen molar-refractivity contribution in [3.05, 3.63) is 103 Å². The third kappa shape index (κ3) is 4.82. The molecule has 1 aliphatic heterocycles. The molecule has 0 radical (unpaired) electrons. The van der Waals surface area contributed by atoms with Gasteiger partial charge in [-0.05, 0) is 98.5 Å². The zero-order valence-corrected chi connectivity index (χ0v) is 19.8. The van der Waals surface area contributed by atoms with Crippen LogP contribution in [0.25, 0.3) is 6.08 Å². The number of rotatable bonds is 5. The van der Waals surface area contributed by atoms with E-state index in [9.17, 15) is 4.79 Å². The van der Waals surface area contributed by atoms with E-state index in [4.69, 9.17) is 9.47 Å². The zero-order valence-electron chi connectivity index (χ0n) is 16.1. The first-order chi connectivity index (χ1) is 14.5. The zero-order chi connectivity index (χ0) is 21.1. The summed E-state index contributed by atoms with van der Waals surface area (Å²) in [6.07, 6.45) is 1.71. The van der Waals surface area contributed by atoms with E-state index in [1.54, 1.807) is 6.08 Å². The summed E-state index contributed by atoms with van der Waals surface area (Å²) in [6.45, 7) is 2.55. The molecule has 0 saturated carbocycles. The Morgan fingerprint density at radius 3 is 2.73 bits per heavy atom. The van der Waals surface area contributed by atoms with Crippen LogP contribution >= 0.6 is 38.5 Å². The second kappa shape index (κ2) is 9.14. The van der Waals surface area contributed by atoms with Crippen LogP contribution in [0.4, 0.5) is 0 Å². The smallest absolute Gasteiger partial charge is 0.363 e. The SMILES string of the molecule is Cc1ccccc1COc1cccc(/C=C2\N=C(c3ccc(I)c(Br)c3)OC2=O)c1. The summed E-state index contributed by atoms with van der Waals surface area (Å²) in [4.78, 5) is 16.7. The molecule has 0 unspecified atom stereocenters. The first-order valence-corrected chi connectivity index (χ1v) is 11.1. The number of cyclic esters (lactones) is 1. The number of carbonyl (C=O) groups is 1. The number of ether oxygens (including phenoxy) is 2. The van der Waals surface area contributed by atoms with Crippen LogP contribution in [0.5, 0.6) is 5.75 Å². The van der Waals surface area contributed by atoms with Gasteiger partial charge in [0, 0.05) is 13.6 Å². The number of carbonyl (C=O) groups excluding carboxylic acids is 1. The first kappa shape index (κ1) is 20.8. The molecule has 0 atom stereocenters. The van der Waals surface area contributed by atoms with Crippen LogP contribution in [-0.4, -0.2) is 11.9 Å². The lowest BCUT2D eigenvalue weighted by Crippen LogP contribution is -2.05. The third-order valence-corrected chi connectivity index (χ3v) is 6.94. The minimum absolute atomic E-state index is 0.260. The predicted octanol–water partition coefficient (Wildman–Crippen LogP) is 6.29. The van der Waals surface area contributed by atoms with Gasteiger partial charge in [0.05, 0.1) is 0 Å². The molecule has 6 heteroatoms. The predicted molar refractivity (Wildman–Crippen MR) is 129 cm³/mol. The Hall–Kier alpha value is -2.45. The molecule has 30 heavy (non-hydrogen) atoms. The van der Waals surface area contributed by atoms with E-state index in [1.807, 2.05) is 54.6 Å². The lowest BCUT2D eigenvalue weighted by molar-refractivity contribution is -0.129. The van der Waals surface area contributed by atoms with Gasteiger partial charge in [0.1, 0.15) is 12.4 Å². The lowest BCUT2D eigenvalue weighted by atomic mass is 10.1. The molecule has 0 amide bonds. The van der Waals surface area contributed by atoms with Crippen LogP contribution in [0.15, 0.2) is 81.9 Å². The number of nitrogens with zero attached hydrogens (tertiary/aromatic N) is 1. The molecule has 3 aromatic rings. The average Bonchev–Trinajstić information content (AvgIpc) is 3.10. The van der Waals surface area contributed by atoms with Crippen LogP contribution in [-0.2, 0) is 16.1 Å². The summed E-state index contributed by atoms with van der Waals surface area (Å²) in [6, 6.07) is 21.4. The van der Waals surface area contributed by atoms with Gasteiger partial charge in [-0.25, -0.2) is 9.79 Å². The van der Waals surface area contributed by atoms with Gasteiger partial charge in [0.2, 0.25) is 5.90 Å². The van der Waals surface area contributed by atoms with Crippen LogP contribution in [0.2, 0.25) is 0 Å². The van der Waals surface area contributed by atoms with Gasteiger partial charge >= 0.3 is 5.97 Å². The normalized spacial score (nSPS) is 14.6. The molecule has 4 nitrogen and oxygen atoms in total. The number of aryl methyl sites for hydroxylation is 1. The summed E-state index contributed by atoms with van der Waals surface area (Å²) >= 11 is 5.71. The number of benzene rings is 3. The Balaban J connectivity index is 1.53. The van der Waals surface area contributed by atoms with Crippen LogP contribution in [0, 0.1) is 10.5 Å². The molecule has 1 aliphatic rings. The van der Waals surface area contributed by atoms with E-state index in [0.717, 1.165) is 30.5 Å². The molecule has 0 saturated heterocycles. The Morgan fingerprint density at radius 1 is 1.10 bits per heavy atom. The highest BCUT2D eigenvalue weighted by Crippen LogP contribution is 2.25. The molecule has 150 valence electrons. The van der Waals surface area contributed by atoms with Crippen LogP contribution < -0.4 is 4.74 Å². The van der Waals surface area contributed by atoms with E-state index < -0.39 is 5.97 Å². The van der Waals surface area contributed by atoms with E-state index in [0.29, 0.717) is 12.5 Å². The summed E-state index contributed by atoms with van der Waals surface area (Å²) in [5.41, 5.74) is 4.15. The monoisotopic (exact) mass is 573 g/mol. The van der Waals surface area contributed by atoms with Gasteiger partial charge in [-0.3, -0.25) is 0 Å². The number of esters is 1. The van der Waals surface area contributed by atoms with Gasteiger partial charge in [0.15, 0.2) is 5.70 Å². The Kier molecular flexibility index (Phi) is 6.34. The highest BCUT2D eigenvalue weighted by molar-refractivity contribution is 14.1. The fourth-order valence-electron chi connectivity index (χ4n) is 2.95. The second-order valence-electron chi connectivity index (χ2n) is 6.75. The number of halogens is 2. The quantitative estimate of drug-likeness (QED) is 0.205. The molecule has 0 bridgehead atoms. The summed E-state index contributed by atoms with van der Waals surface area (Å²) in [7, 11) is 0. The fourth-order valence-corrected chi connectivity index (χ4v) is 3.66. The van der Waals surface area contributed by atoms with E-state index in [1.165, 1.54) is 5.56 Å². The molecule has 0 aromatic heterocycles. The Bertz CT molecular complexity index is 1190. The van der Waals surface area contributed by atoms with Gasteiger partial charge in [-0.2, -0.15) is 0 Å². The van der Waals surface area contributed by atoms with Crippen molar-refractivity contribution in [2.24, 2.45) is 4.99 Å². The Morgan fingerprint density at radius 2 is 1.93 bits per heavy atom. The summed E-state index contributed by atoms with van der Waals surface area (Å²) in [5, 5.41) is 0. The van der Waals surface area contributed by atoms with Crippen molar-refractivity contribution in [2.45, 2.75) is 13.5 Å². The lowest BCUT2D eigenvalue weighted by Gasteiger charge is -2.09. The molecule has 0 fully saturated rings. The van der Waals surface area contributed by atoms with E-state index in [2.05, 4.69) is 62.6 Å². The number of aliphatic imine (C=N–C) groups is 1. The molecular weight excluding hydrogens is 557 g/mol. The van der Waals surface area contributed by atoms with Crippen molar-refractivity contribution in [3.63, 3.8) is 0 Å². The first-order valence-electron chi connectivity index (χ1n) is 9.25. The van der Waals surface area contributed by atoms with Crippen molar-refractivity contribution in [2.75, 3.05) is 0 Å². The molecule has 4 rings (SSSR count). The van der Waals surface area contributed by atoms with Gasteiger partial charge in [-0.15, -0.1) is 0 Å². The largest absolute Gasteiger partial charge is 0.489 e. The maximum absolute atomic E-state index is 12.3. The molecule has 1 heterocycles. The summed E-state index contributed by atoms with van der Waals surface area (Å²) in [5.74, 6) is 0.561. The van der Waals surface area contributed by atoms with Crippen molar-refractivity contribution >= 4 is 56.5 Å².